The van der Waals surface area contributed by atoms with Crippen LogP contribution in [0.1, 0.15) is 0 Å². The summed E-state index contributed by atoms with van der Waals surface area (Å²) in [4.78, 5) is 2.00. The molecule has 0 aliphatic heterocycles. The third-order valence-corrected chi connectivity index (χ3v) is 2.92. The Morgan fingerprint density at radius 1 is 0.733 bits per heavy atom. The number of benzene rings is 2. The first kappa shape index (κ1) is 9.93. The highest BCUT2D eigenvalue weighted by molar-refractivity contribution is 7.99. The Bertz CT molecular complexity index is 454. The van der Waals surface area contributed by atoms with Gasteiger partial charge in [-0.15, -0.1) is 0 Å². The average molecular weight is 218 g/mol. The normalized spacial score (nSPS) is 10.1. The number of phenols is 2. The van der Waals surface area contributed by atoms with E-state index >= 15 is 0 Å². The lowest BCUT2D eigenvalue weighted by molar-refractivity contribution is 0.402. The lowest BCUT2D eigenvalue weighted by Crippen LogP contribution is -1.74. The van der Waals surface area contributed by atoms with Gasteiger partial charge in [0.15, 0.2) is 11.5 Å². The fourth-order valence-corrected chi connectivity index (χ4v) is 2.06. The van der Waals surface area contributed by atoms with Crippen LogP contribution >= 0.6 is 11.8 Å². The number of hydrogen-bond donors (Lipinski definition) is 2. The van der Waals surface area contributed by atoms with Crippen LogP contribution in [0.4, 0.5) is 0 Å². The van der Waals surface area contributed by atoms with Crippen molar-refractivity contribution in [2.75, 3.05) is 0 Å². The highest BCUT2D eigenvalue weighted by Crippen LogP contribution is 2.33. The van der Waals surface area contributed by atoms with Crippen LogP contribution in [0.25, 0.3) is 0 Å². The van der Waals surface area contributed by atoms with Gasteiger partial charge in [0.05, 0.1) is 0 Å². The Morgan fingerprint density at radius 2 is 1.47 bits per heavy atom. The van der Waals surface area contributed by atoms with E-state index in [4.69, 9.17) is 5.11 Å². The molecule has 0 unspecified atom stereocenters. The molecule has 0 radical (unpaired) electrons. The summed E-state index contributed by atoms with van der Waals surface area (Å²) < 4.78 is 0. The Balaban J connectivity index is 2.22. The van der Waals surface area contributed by atoms with Gasteiger partial charge in [-0.2, -0.15) is 0 Å². The highest BCUT2D eigenvalue weighted by Gasteiger charge is 2.01. The van der Waals surface area contributed by atoms with Crippen molar-refractivity contribution < 1.29 is 10.2 Å². The van der Waals surface area contributed by atoms with E-state index in [-0.39, 0.29) is 11.5 Å². The predicted octanol–water partition coefficient (Wildman–Crippen LogP) is 3.25. The van der Waals surface area contributed by atoms with E-state index in [1.54, 1.807) is 12.1 Å². The number of phenolic OH excluding ortho intramolecular Hbond substituents is 2. The highest BCUT2D eigenvalue weighted by atomic mass is 32.2. The van der Waals surface area contributed by atoms with Gasteiger partial charge in [0, 0.05) is 9.79 Å². The lowest BCUT2D eigenvalue weighted by Gasteiger charge is -2.03. The Hall–Kier alpha value is -1.61. The standard InChI is InChI=1S/C12H10O2S/c13-11-7-6-10(8-12(11)14)15-9-4-2-1-3-5-9/h1-8,13-14H. The molecular formula is C12H10O2S. The van der Waals surface area contributed by atoms with Crippen molar-refractivity contribution in [3.63, 3.8) is 0 Å². The third kappa shape index (κ3) is 2.44. The van der Waals surface area contributed by atoms with Crippen LogP contribution in [0.15, 0.2) is 58.3 Å². The van der Waals surface area contributed by atoms with E-state index in [2.05, 4.69) is 0 Å². The number of aromatic hydroxyl groups is 2. The largest absolute Gasteiger partial charge is 0.504 e. The first-order chi connectivity index (χ1) is 7.25. The van der Waals surface area contributed by atoms with Gasteiger partial charge in [-0.3, -0.25) is 0 Å². The molecule has 2 nitrogen and oxygen atoms in total. The molecule has 0 aliphatic rings. The van der Waals surface area contributed by atoms with Crippen LogP contribution in [0.5, 0.6) is 11.5 Å². The second-order valence-electron chi connectivity index (χ2n) is 3.07. The summed E-state index contributed by atoms with van der Waals surface area (Å²) in [5.74, 6) is -0.177. The molecule has 76 valence electrons. The van der Waals surface area contributed by atoms with Gasteiger partial charge in [0.2, 0.25) is 0 Å². The van der Waals surface area contributed by atoms with Crippen molar-refractivity contribution in [1.82, 2.24) is 0 Å². The lowest BCUT2D eigenvalue weighted by atomic mass is 10.3. The van der Waals surface area contributed by atoms with E-state index in [0.29, 0.717) is 0 Å². The zero-order valence-corrected chi connectivity index (χ0v) is 8.74. The first-order valence-electron chi connectivity index (χ1n) is 4.50. The molecule has 0 amide bonds. The van der Waals surface area contributed by atoms with Gasteiger partial charge in [-0.05, 0) is 30.3 Å². The van der Waals surface area contributed by atoms with E-state index < -0.39 is 0 Å². The van der Waals surface area contributed by atoms with Crippen molar-refractivity contribution in [1.29, 1.82) is 0 Å². The number of hydrogen-bond acceptors (Lipinski definition) is 3. The second-order valence-corrected chi connectivity index (χ2v) is 4.21. The van der Waals surface area contributed by atoms with Gasteiger partial charge < -0.3 is 10.2 Å². The minimum Gasteiger partial charge on any atom is -0.504 e. The molecule has 0 spiro atoms. The fourth-order valence-electron chi connectivity index (χ4n) is 1.19. The topological polar surface area (TPSA) is 40.5 Å². The molecule has 0 aliphatic carbocycles. The van der Waals surface area contributed by atoms with Crippen molar-refractivity contribution in [3.05, 3.63) is 48.5 Å². The summed E-state index contributed by atoms with van der Waals surface area (Å²) in [5, 5.41) is 18.5. The van der Waals surface area contributed by atoms with Crippen LogP contribution < -0.4 is 0 Å². The second kappa shape index (κ2) is 4.28. The van der Waals surface area contributed by atoms with Gasteiger partial charge in [0.1, 0.15) is 0 Å². The summed E-state index contributed by atoms with van der Waals surface area (Å²) in [6, 6.07) is 14.7. The van der Waals surface area contributed by atoms with Crippen molar-refractivity contribution in [2.45, 2.75) is 9.79 Å². The van der Waals surface area contributed by atoms with Gasteiger partial charge >= 0.3 is 0 Å². The summed E-state index contributed by atoms with van der Waals surface area (Å²) >= 11 is 1.54. The molecule has 15 heavy (non-hydrogen) atoms. The van der Waals surface area contributed by atoms with E-state index in [9.17, 15) is 5.11 Å². The molecule has 0 aromatic heterocycles. The maximum absolute atomic E-state index is 9.31. The molecule has 2 aromatic carbocycles. The number of rotatable bonds is 2. The average Bonchev–Trinajstić information content (AvgIpc) is 2.25. The third-order valence-electron chi connectivity index (χ3n) is 1.93. The predicted molar refractivity (Wildman–Crippen MR) is 60.3 cm³/mol. The van der Waals surface area contributed by atoms with Gasteiger partial charge in [0.25, 0.3) is 0 Å². The molecule has 0 saturated carbocycles. The van der Waals surface area contributed by atoms with Crippen LogP contribution in [0, 0.1) is 0 Å². The quantitative estimate of drug-likeness (QED) is 0.760. The van der Waals surface area contributed by atoms with Crippen molar-refractivity contribution in [3.8, 4) is 11.5 Å². The van der Waals surface area contributed by atoms with E-state index in [1.807, 2.05) is 30.3 Å². The van der Waals surface area contributed by atoms with Crippen molar-refractivity contribution in [2.24, 2.45) is 0 Å². The van der Waals surface area contributed by atoms with E-state index in [0.717, 1.165) is 9.79 Å². The molecule has 2 rings (SSSR count). The monoisotopic (exact) mass is 218 g/mol. The minimum atomic E-state index is -0.0904. The maximum Gasteiger partial charge on any atom is 0.158 e. The molecule has 0 heterocycles. The molecule has 0 atom stereocenters. The summed E-state index contributed by atoms with van der Waals surface area (Å²) in [7, 11) is 0. The molecule has 0 bridgehead atoms. The van der Waals surface area contributed by atoms with Gasteiger partial charge in [-0.1, -0.05) is 30.0 Å². The Kier molecular flexibility index (Phi) is 2.83. The maximum atomic E-state index is 9.31. The molecule has 3 heteroatoms. The Labute approximate surface area is 92.2 Å². The minimum absolute atomic E-state index is 0.0871. The summed E-state index contributed by atoms with van der Waals surface area (Å²) in [6.07, 6.45) is 0. The first-order valence-corrected chi connectivity index (χ1v) is 5.32. The zero-order chi connectivity index (χ0) is 10.7. The zero-order valence-electron chi connectivity index (χ0n) is 7.92. The fraction of sp³-hybridized carbons (Fsp3) is 0. The van der Waals surface area contributed by atoms with E-state index in [1.165, 1.54) is 17.8 Å². The SMILES string of the molecule is Oc1ccc(Sc2ccccc2)cc1O. The summed E-state index contributed by atoms with van der Waals surface area (Å²) in [6.45, 7) is 0. The van der Waals surface area contributed by atoms with Crippen LogP contribution in [-0.2, 0) is 0 Å². The molecule has 2 aromatic rings. The van der Waals surface area contributed by atoms with Crippen LogP contribution in [0.3, 0.4) is 0 Å². The summed E-state index contributed by atoms with van der Waals surface area (Å²) in [5.41, 5.74) is 0. The van der Waals surface area contributed by atoms with Crippen molar-refractivity contribution >= 4 is 11.8 Å². The smallest absolute Gasteiger partial charge is 0.158 e. The van der Waals surface area contributed by atoms with Gasteiger partial charge in [-0.25, -0.2) is 0 Å². The Morgan fingerprint density at radius 3 is 2.13 bits per heavy atom. The van der Waals surface area contributed by atoms with Crippen LogP contribution in [-0.4, -0.2) is 10.2 Å². The molecule has 2 N–H and O–H groups in total. The molecule has 0 fully saturated rings. The molecular weight excluding hydrogens is 208 g/mol. The van der Waals surface area contributed by atoms with Crippen LogP contribution in [0.2, 0.25) is 0 Å². The molecule has 0 saturated heterocycles.